The summed E-state index contributed by atoms with van der Waals surface area (Å²) in [5.41, 5.74) is 8.33. The number of nitro benzene ring substituents is 1. The van der Waals surface area contributed by atoms with Crippen LogP contribution < -0.4 is 16.0 Å². The molecule has 1 aliphatic rings. The number of hydrogen-bond acceptors (Lipinski definition) is 5. The Hall–Kier alpha value is -4.24. The third kappa shape index (κ3) is 7.94. The number of benzene rings is 3. The van der Waals surface area contributed by atoms with Crippen LogP contribution in [0.3, 0.4) is 0 Å². The van der Waals surface area contributed by atoms with Crippen molar-refractivity contribution in [2.75, 3.05) is 24.5 Å². The number of nitrogens with zero attached hydrogens (tertiary/aromatic N) is 3. The molecule has 0 saturated carbocycles. The first-order valence-electron chi connectivity index (χ1n) is 14.9. The topological polar surface area (TPSA) is 122 Å². The first kappa shape index (κ1) is 30.7. The van der Waals surface area contributed by atoms with Gasteiger partial charge in [0.2, 0.25) is 0 Å². The smallest absolute Gasteiger partial charge is 0.319 e. The number of hydrogen-bond donors (Lipinski definition) is 2. The van der Waals surface area contributed by atoms with Gasteiger partial charge in [0.15, 0.2) is 0 Å². The highest BCUT2D eigenvalue weighted by atomic mass is 16.6. The SMILES string of the molecule is CCCCCCCN(C(N)=O)c1ccc([N+](=O)[O-])cc1C(=O)NC1CCN(C(c2ccccc2)c2ccccc2)CC1. The van der Waals surface area contributed by atoms with E-state index in [2.05, 4.69) is 65.7 Å². The van der Waals surface area contributed by atoms with Gasteiger partial charge in [0, 0.05) is 37.8 Å². The van der Waals surface area contributed by atoms with Gasteiger partial charge < -0.3 is 11.1 Å². The van der Waals surface area contributed by atoms with E-state index in [9.17, 15) is 19.7 Å². The lowest BCUT2D eigenvalue weighted by Crippen LogP contribution is -2.46. The van der Waals surface area contributed by atoms with Crippen LogP contribution in [0, 0.1) is 10.1 Å². The molecule has 3 N–H and O–H groups in total. The second kappa shape index (κ2) is 15.1. The lowest BCUT2D eigenvalue weighted by atomic mass is 9.94. The molecule has 1 heterocycles. The van der Waals surface area contributed by atoms with Crippen LogP contribution >= 0.6 is 0 Å². The van der Waals surface area contributed by atoms with Gasteiger partial charge in [0.1, 0.15) is 0 Å². The minimum Gasteiger partial charge on any atom is -0.351 e. The Kier molecular flexibility index (Phi) is 11.1. The fourth-order valence-corrected chi connectivity index (χ4v) is 5.73. The van der Waals surface area contributed by atoms with Crippen molar-refractivity contribution < 1.29 is 14.5 Å². The average Bonchev–Trinajstić information content (AvgIpc) is 3.00. The molecule has 0 aliphatic carbocycles. The highest BCUT2D eigenvalue weighted by Crippen LogP contribution is 2.32. The minimum absolute atomic E-state index is 0.0884. The number of rotatable bonds is 13. The van der Waals surface area contributed by atoms with Crippen molar-refractivity contribution in [3.05, 3.63) is 106 Å². The second-order valence-corrected chi connectivity index (χ2v) is 10.9. The summed E-state index contributed by atoms with van der Waals surface area (Å²) in [5.74, 6) is -0.438. The zero-order valence-corrected chi connectivity index (χ0v) is 24.3. The number of amides is 3. The summed E-state index contributed by atoms with van der Waals surface area (Å²) in [6.45, 7) is 4.01. The van der Waals surface area contributed by atoms with Crippen molar-refractivity contribution in [1.82, 2.24) is 10.2 Å². The molecule has 1 fully saturated rings. The highest BCUT2D eigenvalue weighted by molar-refractivity contribution is 6.04. The van der Waals surface area contributed by atoms with Crippen LogP contribution in [-0.2, 0) is 0 Å². The molecule has 9 heteroatoms. The normalized spacial score (nSPS) is 14.0. The van der Waals surface area contributed by atoms with Gasteiger partial charge in [0.25, 0.3) is 11.6 Å². The summed E-state index contributed by atoms with van der Waals surface area (Å²) in [6.07, 6.45) is 6.36. The number of carbonyl (C=O) groups excluding carboxylic acids is 2. The predicted octanol–water partition coefficient (Wildman–Crippen LogP) is 6.43. The number of piperidine rings is 1. The maximum atomic E-state index is 13.6. The summed E-state index contributed by atoms with van der Waals surface area (Å²) < 4.78 is 0. The van der Waals surface area contributed by atoms with Gasteiger partial charge >= 0.3 is 6.03 Å². The van der Waals surface area contributed by atoms with Crippen molar-refractivity contribution in [2.45, 2.75) is 64.0 Å². The Labute approximate surface area is 247 Å². The van der Waals surface area contributed by atoms with E-state index in [4.69, 9.17) is 5.73 Å². The third-order valence-electron chi connectivity index (χ3n) is 7.94. The fraction of sp³-hybridized carbons (Fsp3) is 0.394. The summed E-state index contributed by atoms with van der Waals surface area (Å²) in [5, 5.41) is 14.6. The molecule has 0 spiro atoms. The van der Waals surface area contributed by atoms with Crippen molar-refractivity contribution >= 4 is 23.3 Å². The van der Waals surface area contributed by atoms with Crippen molar-refractivity contribution in [1.29, 1.82) is 0 Å². The average molecular weight is 572 g/mol. The molecule has 9 nitrogen and oxygen atoms in total. The van der Waals surface area contributed by atoms with E-state index in [-0.39, 0.29) is 23.3 Å². The summed E-state index contributed by atoms with van der Waals surface area (Å²) in [6, 6.07) is 24.1. The largest absolute Gasteiger partial charge is 0.351 e. The van der Waals surface area contributed by atoms with Crippen LogP contribution in [0.1, 0.15) is 79.4 Å². The molecule has 42 heavy (non-hydrogen) atoms. The molecule has 0 unspecified atom stereocenters. The number of likely N-dealkylation sites (tertiary alicyclic amines) is 1. The number of urea groups is 1. The zero-order chi connectivity index (χ0) is 29.9. The van der Waals surface area contributed by atoms with Crippen molar-refractivity contribution in [2.24, 2.45) is 5.73 Å². The molecule has 3 amide bonds. The van der Waals surface area contributed by atoms with Gasteiger partial charge in [-0.2, -0.15) is 0 Å². The molecule has 3 aromatic carbocycles. The van der Waals surface area contributed by atoms with Crippen LogP contribution in [0.5, 0.6) is 0 Å². The standard InChI is InChI=1S/C33H41N5O4/c1-2-3-4-5-12-21-37(33(34)40)30-18-17-28(38(41)42)24-29(30)32(39)35-27-19-22-36(23-20-27)31(25-13-8-6-9-14-25)26-15-10-7-11-16-26/h6-11,13-18,24,27,31H,2-5,12,19-23H2,1H3,(H2,34,40)(H,35,39). The van der Waals surface area contributed by atoms with E-state index >= 15 is 0 Å². The van der Waals surface area contributed by atoms with Gasteiger partial charge in [0.05, 0.1) is 22.2 Å². The molecule has 1 aliphatic heterocycles. The van der Waals surface area contributed by atoms with E-state index in [1.807, 2.05) is 12.1 Å². The number of non-ortho nitro benzene ring substituents is 1. The second-order valence-electron chi connectivity index (χ2n) is 10.9. The zero-order valence-electron chi connectivity index (χ0n) is 24.3. The fourth-order valence-electron chi connectivity index (χ4n) is 5.73. The Morgan fingerprint density at radius 1 is 0.952 bits per heavy atom. The number of carbonyl (C=O) groups is 2. The Balaban J connectivity index is 1.48. The van der Waals surface area contributed by atoms with Crippen LogP contribution in [0.25, 0.3) is 0 Å². The van der Waals surface area contributed by atoms with Gasteiger partial charge in [-0.15, -0.1) is 0 Å². The Morgan fingerprint density at radius 2 is 1.55 bits per heavy atom. The molecule has 4 rings (SSSR count). The van der Waals surface area contributed by atoms with Crippen molar-refractivity contribution in [3.8, 4) is 0 Å². The highest BCUT2D eigenvalue weighted by Gasteiger charge is 2.30. The van der Waals surface area contributed by atoms with Crippen LogP contribution in [-0.4, -0.2) is 47.4 Å². The minimum atomic E-state index is -0.686. The van der Waals surface area contributed by atoms with Gasteiger partial charge in [-0.25, -0.2) is 4.79 Å². The summed E-state index contributed by atoms with van der Waals surface area (Å²) in [4.78, 5) is 40.8. The van der Waals surface area contributed by atoms with Gasteiger partial charge in [-0.3, -0.25) is 24.7 Å². The molecule has 0 radical (unpaired) electrons. The van der Waals surface area contributed by atoms with Gasteiger partial charge in [-0.1, -0.05) is 93.3 Å². The van der Waals surface area contributed by atoms with E-state index in [1.165, 1.54) is 34.2 Å². The maximum Gasteiger partial charge on any atom is 0.319 e. The Bertz CT molecular complexity index is 1290. The van der Waals surface area contributed by atoms with E-state index in [0.29, 0.717) is 12.2 Å². The maximum absolute atomic E-state index is 13.6. The Morgan fingerprint density at radius 3 is 2.10 bits per heavy atom. The number of nitrogens with one attached hydrogen (secondary N) is 1. The van der Waals surface area contributed by atoms with Crippen LogP contribution in [0.15, 0.2) is 78.9 Å². The number of nitrogens with two attached hydrogens (primary N) is 1. The van der Waals surface area contributed by atoms with Crippen molar-refractivity contribution in [3.63, 3.8) is 0 Å². The molecule has 0 atom stereocenters. The molecule has 0 aromatic heterocycles. The molecule has 3 aromatic rings. The van der Waals surface area contributed by atoms with E-state index in [1.54, 1.807) is 0 Å². The molecular formula is C33H41N5O4. The lowest BCUT2D eigenvalue weighted by Gasteiger charge is -2.38. The number of unbranched alkanes of at least 4 members (excludes halogenated alkanes) is 4. The van der Waals surface area contributed by atoms with E-state index < -0.39 is 16.9 Å². The lowest BCUT2D eigenvalue weighted by molar-refractivity contribution is -0.384. The van der Waals surface area contributed by atoms with Crippen LogP contribution in [0.2, 0.25) is 0 Å². The molecule has 0 bridgehead atoms. The predicted molar refractivity (Wildman–Crippen MR) is 166 cm³/mol. The summed E-state index contributed by atoms with van der Waals surface area (Å²) >= 11 is 0. The molecule has 222 valence electrons. The number of primary amides is 1. The molecular weight excluding hydrogens is 530 g/mol. The quantitative estimate of drug-likeness (QED) is 0.139. The van der Waals surface area contributed by atoms with Crippen LogP contribution in [0.4, 0.5) is 16.2 Å². The first-order chi connectivity index (χ1) is 20.4. The number of nitro groups is 1. The number of anilines is 1. The summed E-state index contributed by atoms with van der Waals surface area (Å²) in [7, 11) is 0. The monoisotopic (exact) mass is 571 g/mol. The van der Waals surface area contributed by atoms with Gasteiger partial charge in [-0.05, 0) is 36.5 Å². The molecule has 1 saturated heterocycles. The third-order valence-corrected chi connectivity index (χ3v) is 7.94. The van der Waals surface area contributed by atoms with E-state index in [0.717, 1.165) is 58.0 Å². The first-order valence-corrected chi connectivity index (χ1v) is 14.9.